The zero-order chi connectivity index (χ0) is 8.97. The number of halogens is 1. The van der Waals surface area contributed by atoms with E-state index in [1.165, 1.54) is 11.1 Å². The van der Waals surface area contributed by atoms with Gasteiger partial charge in [-0.3, -0.25) is 4.79 Å². The third-order valence-corrected chi connectivity index (χ3v) is 1.88. The summed E-state index contributed by atoms with van der Waals surface area (Å²) in [5.74, 6) is 0. The van der Waals surface area contributed by atoms with Crippen molar-refractivity contribution in [3.05, 3.63) is 35.4 Å². The van der Waals surface area contributed by atoms with Crippen LogP contribution < -0.4 is 0 Å². The maximum Gasteiger partial charge on any atom is 0.221 e. The molecular weight excluding hydrogens is 172 g/mol. The summed E-state index contributed by atoms with van der Waals surface area (Å²) in [6, 6.07) is 8.10. The number of rotatable bonds is 3. The second-order valence-electron chi connectivity index (χ2n) is 2.84. The van der Waals surface area contributed by atoms with Gasteiger partial charge in [-0.05, 0) is 30.5 Å². The first-order chi connectivity index (χ1) is 5.68. The van der Waals surface area contributed by atoms with Crippen LogP contribution in [0.5, 0.6) is 0 Å². The highest BCUT2D eigenvalue weighted by Crippen LogP contribution is 2.07. The Kier molecular flexibility index (Phi) is 3.30. The van der Waals surface area contributed by atoms with Gasteiger partial charge in [0.1, 0.15) is 0 Å². The van der Waals surface area contributed by atoms with E-state index in [1.54, 1.807) is 0 Å². The SMILES string of the molecule is Cc1cccc(CCC(=O)Cl)c1. The van der Waals surface area contributed by atoms with Crippen molar-refractivity contribution in [3.8, 4) is 0 Å². The van der Waals surface area contributed by atoms with Gasteiger partial charge in [-0.25, -0.2) is 0 Å². The average molecular weight is 183 g/mol. The zero-order valence-electron chi connectivity index (χ0n) is 7.01. The highest BCUT2D eigenvalue weighted by atomic mass is 35.5. The highest BCUT2D eigenvalue weighted by Gasteiger charge is 1.97. The van der Waals surface area contributed by atoms with Crippen molar-refractivity contribution >= 4 is 16.8 Å². The molecule has 0 fully saturated rings. The summed E-state index contributed by atoms with van der Waals surface area (Å²) in [4.78, 5) is 10.5. The molecule has 2 heteroatoms. The smallest absolute Gasteiger partial charge is 0.221 e. The Hall–Kier alpha value is -0.820. The van der Waals surface area contributed by atoms with Crippen LogP contribution >= 0.6 is 11.6 Å². The molecule has 0 amide bonds. The molecule has 64 valence electrons. The van der Waals surface area contributed by atoms with Gasteiger partial charge in [0.05, 0.1) is 0 Å². The van der Waals surface area contributed by atoms with E-state index < -0.39 is 0 Å². The van der Waals surface area contributed by atoms with Crippen molar-refractivity contribution < 1.29 is 4.79 Å². The molecule has 0 N–H and O–H groups in total. The van der Waals surface area contributed by atoms with Crippen molar-refractivity contribution in [2.45, 2.75) is 19.8 Å². The summed E-state index contributed by atoms with van der Waals surface area (Å²) >= 11 is 5.23. The number of carbonyl (C=O) groups is 1. The average Bonchev–Trinajstić information content (AvgIpc) is 2.01. The summed E-state index contributed by atoms with van der Waals surface area (Å²) in [5, 5.41) is -0.267. The largest absolute Gasteiger partial charge is 0.281 e. The Bertz CT molecular complexity index is 281. The van der Waals surface area contributed by atoms with Gasteiger partial charge in [0, 0.05) is 6.42 Å². The van der Waals surface area contributed by atoms with Gasteiger partial charge in [-0.1, -0.05) is 29.8 Å². The molecule has 0 bridgehead atoms. The molecule has 1 aromatic carbocycles. The molecule has 12 heavy (non-hydrogen) atoms. The minimum absolute atomic E-state index is 0.267. The molecule has 1 aromatic rings. The van der Waals surface area contributed by atoms with E-state index in [2.05, 4.69) is 6.07 Å². The summed E-state index contributed by atoms with van der Waals surface area (Å²) < 4.78 is 0. The molecule has 0 aliphatic carbocycles. The molecule has 0 atom stereocenters. The van der Waals surface area contributed by atoms with Gasteiger partial charge in [0.25, 0.3) is 0 Å². The molecule has 0 unspecified atom stereocenters. The van der Waals surface area contributed by atoms with Crippen LogP contribution in [0.4, 0.5) is 0 Å². The van der Waals surface area contributed by atoms with Crippen LogP contribution in [0.15, 0.2) is 24.3 Å². The minimum Gasteiger partial charge on any atom is -0.281 e. The van der Waals surface area contributed by atoms with Crippen molar-refractivity contribution in [1.82, 2.24) is 0 Å². The second kappa shape index (κ2) is 4.27. The van der Waals surface area contributed by atoms with Crippen LogP contribution in [-0.2, 0) is 11.2 Å². The first-order valence-electron chi connectivity index (χ1n) is 3.92. The van der Waals surface area contributed by atoms with Gasteiger partial charge in [-0.15, -0.1) is 0 Å². The molecular formula is C10H11ClO. The molecule has 0 aromatic heterocycles. The third-order valence-electron chi connectivity index (χ3n) is 1.69. The first kappa shape index (κ1) is 9.27. The molecule has 0 saturated carbocycles. The maximum atomic E-state index is 10.5. The van der Waals surface area contributed by atoms with Crippen LogP contribution in [0.1, 0.15) is 17.5 Å². The van der Waals surface area contributed by atoms with Crippen molar-refractivity contribution in [3.63, 3.8) is 0 Å². The van der Waals surface area contributed by atoms with Crippen LogP contribution in [0, 0.1) is 6.92 Å². The number of carbonyl (C=O) groups excluding carboxylic acids is 1. The highest BCUT2D eigenvalue weighted by molar-refractivity contribution is 6.63. The normalized spacial score (nSPS) is 9.83. The van der Waals surface area contributed by atoms with E-state index in [0.717, 1.165) is 6.42 Å². The monoisotopic (exact) mass is 182 g/mol. The molecule has 0 aliphatic heterocycles. The molecule has 0 heterocycles. The fourth-order valence-electron chi connectivity index (χ4n) is 1.11. The predicted molar refractivity (Wildman–Crippen MR) is 50.4 cm³/mol. The summed E-state index contributed by atoms with van der Waals surface area (Å²) in [6.07, 6.45) is 1.16. The number of aryl methyl sites for hydroxylation is 2. The molecule has 1 nitrogen and oxygen atoms in total. The Morgan fingerprint density at radius 1 is 1.50 bits per heavy atom. The summed E-state index contributed by atoms with van der Waals surface area (Å²) in [6.45, 7) is 2.03. The lowest BCUT2D eigenvalue weighted by Gasteiger charge is -1.98. The topological polar surface area (TPSA) is 17.1 Å². The second-order valence-corrected chi connectivity index (χ2v) is 3.27. The number of hydrogen-bond acceptors (Lipinski definition) is 1. The van der Waals surface area contributed by atoms with Gasteiger partial charge in [0.15, 0.2) is 0 Å². The van der Waals surface area contributed by atoms with E-state index in [9.17, 15) is 4.79 Å². The Labute approximate surface area is 77.4 Å². The Morgan fingerprint density at radius 2 is 2.25 bits per heavy atom. The summed E-state index contributed by atoms with van der Waals surface area (Å²) in [5.41, 5.74) is 2.39. The van der Waals surface area contributed by atoms with Gasteiger partial charge >= 0.3 is 0 Å². The fourth-order valence-corrected chi connectivity index (χ4v) is 1.20. The predicted octanol–water partition coefficient (Wildman–Crippen LogP) is 2.69. The van der Waals surface area contributed by atoms with E-state index in [1.807, 2.05) is 25.1 Å². The van der Waals surface area contributed by atoms with E-state index in [0.29, 0.717) is 6.42 Å². The maximum absolute atomic E-state index is 10.5. The zero-order valence-corrected chi connectivity index (χ0v) is 7.77. The third kappa shape index (κ3) is 3.05. The Balaban J connectivity index is 2.57. The lowest BCUT2D eigenvalue weighted by molar-refractivity contribution is -0.111. The van der Waals surface area contributed by atoms with Gasteiger partial charge in [-0.2, -0.15) is 0 Å². The lowest BCUT2D eigenvalue weighted by atomic mass is 10.1. The van der Waals surface area contributed by atoms with Crippen LogP contribution in [0.25, 0.3) is 0 Å². The standard InChI is InChI=1S/C10H11ClO/c1-8-3-2-4-9(7-8)5-6-10(11)12/h2-4,7H,5-6H2,1H3. The van der Waals surface area contributed by atoms with E-state index >= 15 is 0 Å². The van der Waals surface area contributed by atoms with Crippen LogP contribution in [0.2, 0.25) is 0 Å². The van der Waals surface area contributed by atoms with Crippen LogP contribution in [-0.4, -0.2) is 5.24 Å². The molecule has 1 rings (SSSR count). The number of benzene rings is 1. The van der Waals surface area contributed by atoms with Crippen molar-refractivity contribution in [2.75, 3.05) is 0 Å². The fraction of sp³-hybridized carbons (Fsp3) is 0.300. The lowest BCUT2D eigenvalue weighted by Crippen LogP contribution is -1.91. The first-order valence-corrected chi connectivity index (χ1v) is 4.30. The minimum atomic E-state index is -0.267. The van der Waals surface area contributed by atoms with Gasteiger partial charge < -0.3 is 0 Å². The molecule has 0 aliphatic rings. The van der Waals surface area contributed by atoms with Crippen LogP contribution in [0.3, 0.4) is 0 Å². The molecule has 0 spiro atoms. The van der Waals surface area contributed by atoms with Crippen molar-refractivity contribution in [1.29, 1.82) is 0 Å². The Morgan fingerprint density at radius 3 is 2.83 bits per heavy atom. The van der Waals surface area contributed by atoms with E-state index in [-0.39, 0.29) is 5.24 Å². The van der Waals surface area contributed by atoms with Gasteiger partial charge in [0.2, 0.25) is 5.24 Å². The van der Waals surface area contributed by atoms with E-state index in [4.69, 9.17) is 11.6 Å². The summed E-state index contributed by atoms with van der Waals surface area (Å²) in [7, 11) is 0. The molecule has 0 radical (unpaired) electrons. The quantitative estimate of drug-likeness (QED) is 0.657. The number of hydrogen-bond donors (Lipinski definition) is 0. The van der Waals surface area contributed by atoms with Crippen molar-refractivity contribution in [2.24, 2.45) is 0 Å². The molecule has 0 saturated heterocycles.